The smallest absolute Gasteiger partial charge is 0.237 e. The van der Waals surface area contributed by atoms with Gasteiger partial charge >= 0.3 is 0 Å². The second kappa shape index (κ2) is 9.36. The van der Waals surface area contributed by atoms with E-state index in [-0.39, 0.29) is 33.4 Å². The van der Waals surface area contributed by atoms with Gasteiger partial charge in [0, 0.05) is 10.7 Å². The number of amides is 1. The van der Waals surface area contributed by atoms with Crippen molar-refractivity contribution in [1.82, 2.24) is 4.98 Å². The second-order valence-electron chi connectivity index (χ2n) is 6.14. The Bertz CT molecular complexity index is 1170. The van der Waals surface area contributed by atoms with Gasteiger partial charge in [-0.3, -0.25) is 4.79 Å². The number of carbonyl (C=O) groups excluding carboxylic acids is 1. The minimum absolute atomic E-state index is 0.0319. The van der Waals surface area contributed by atoms with Crippen LogP contribution in [-0.4, -0.2) is 16.1 Å². The highest BCUT2D eigenvalue weighted by molar-refractivity contribution is 8.00. The molecule has 0 aliphatic carbocycles. The first-order chi connectivity index (χ1) is 14.5. The molecule has 1 unspecified atom stereocenters. The maximum atomic E-state index is 12.8. The molecule has 0 spiro atoms. The van der Waals surface area contributed by atoms with Crippen LogP contribution in [0.4, 0.5) is 11.5 Å². The lowest BCUT2D eigenvalue weighted by Gasteiger charge is -2.17. The van der Waals surface area contributed by atoms with E-state index in [2.05, 4.69) is 16.4 Å². The summed E-state index contributed by atoms with van der Waals surface area (Å²) in [5.74, 6) is 0.0314. The molecule has 3 aromatic rings. The molecule has 9 heteroatoms. The highest BCUT2D eigenvalue weighted by Crippen LogP contribution is 2.37. The number of pyridine rings is 1. The van der Waals surface area contributed by atoms with Crippen LogP contribution in [0.15, 0.2) is 52.1 Å². The number of nitrogens with two attached hydrogens (primary N) is 1. The summed E-state index contributed by atoms with van der Waals surface area (Å²) in [6.45, 7) is 1.85. The molecule has 0 saturated heterocycles. The number of nitrogen functional groups attached to an aromatic ring is 1. The number of hydrogen-bond acceptors (Lipinski definition) is 7. The van der Waals surface area contributed by atoms with Crippen molar-refractivity contribution in [3.8, 4) is 23.5 Å². The third-order valence-corrected chi connectivity index (χ3v) is 5.78. The Morgan fingerprint density at radius 1 is 1.30 bits per heavy atom. The number of rotatable bonds is 6. The first-order valence-electron chi connectivity index (χ1n) is 8.89. The lowest BCUT2D eigenvalue weighted by Crippen LogP contribution is -2.25. The predicted octanol–water partition coefficient (Wildman–Crippen LogP) is 4.83. The van der Waals surface area contributed by atoms with Crippen LogP contribution in [0.3, 0.4) is 0 Å². The number of hydrogen-bond donors (Lipinski definition) is 2. The first kappa shape index (κ1) is 21.3. The predicted molar refractivity (Wildman–Crippen MR) is 116 cm³/mol. The Labute approximate surface area is 182 Å². The van der Waals surface area contributed by atoms with Crippen LogP contribution >= 0.6 is 23.4 Å². The standard InChI is InChI=1S/C21H16ClN5O2S/c1-2-17(20(28)26-13-6-3-5-12(22)9-13)30-21-15(11-24)18(16-7-4-8-29-16)14(10-23)19(25)27-21/h3-9,17H,2H2,1H3,(H2,25,27)(H,26,28). The quantitative estimate of drug-likeness (QED) is 0.528. The molecule has 2 heterocycles. The largest absolute Gasteiger partial charge is 0.464 e. The lowest BCUT2D eigenvalue weighted by molar-refractivity contribution is -0.115. The van der Waals surface area contributed by atoms with Gasteiger partial charge in [-0.05, 0) is 36.8 Å². The maximum absolute atomic E-state index is 12.8. The normalized spacial score (nSPS) is 11.3. The van der Waals surface area contributed by atoms with E-state index in [0.29, 0.717) is 22.9 Å². The molecule has 3 N–H and O–H groups in total. The molecule has 0 fully saturated rings. The van der Waals surface area contributed by atoms with Crippen molar-refractivity contribution in [3.63, 3.8) is 0 Å². The van der Waals surface area contributed by atoms with Gasteiger partial charge in [-0.15, -0.1) is 0 Å². The fraction of sp³-hybridized carbons (Fsp3) is 0.143. The minimum Gasteiger partial charge on any atom is -0.464 e. The van der Waals surface area contributed by atoms with E-state index in [1.54, 1.807) is 36.4 Å². The molecular weight excluding hydrogens is 422 g/mol. The number of benzene rings is 1. The van der Waals surface area contributed by atoms with Gasteiger partial charge in [0.2, 0.25) is 5.91 Å². The maximum Gasteiger partial charge on any atom is 0.237 e. The van der Waals surface area contributed by atoms with Crippen molar-refractivity contribution < 1.29 is 9.21 Å². The summed E-state index contributed by atoms with van der Waals surface area (Å²) in [6, 6.07) is 14.2. The number of aromatic nitrogens is 1. The number of thioether (sulfide) groups is 1. The molecule has 1 atom stereocenters. The van der Waals surface area contributed by atoms with E-state index in [1.165, 1.54) is 6.26 Å². The molecule has 0 aliphatic heterocycles. The van der Waals surface area contributed by atoms with E-state index < -0.39 is 5.25 Å². The minimum atomic E-state index is -0.555. The van der Waals surface area contributed by atoms with Crippen LogP contribution in [-0.2, 0) is 4.79 Å². The van der Waals surface area contributed by atoms with Gasteiger partial charge in [0.15, 0.2) is 0 Å². The highest BCUT2D eigenvalue weighted by Gasteiger charge is 2.26. The van der Waals surface area contributed by atoms with E-state index >= 15 is 0 Å². The third-order valence-electron chi connectivity index (χ3n) is 4.19. The zero-order valence-corrected chi connectivity index (χ0v) is 17.4. The summed E-state index contributed by atoms with van der Waals surface area (Å²) in [6.07, 6.45) is 1.91. The Balaban J connectivity index is 1.98. The van der Waals surface area contributed by atoms with Gasteiger partial charge in [-0.2, -0.15) is 10.5 Å². The van der Waals surface area contributed by atoms with E-state index in [9.17, 15) is 15.3 Å². The Morgan fingerprint density at radius 3 is 2.67 bits per heavy atom. The molecule has 150 valence electrons. The zero-order chi connectivity index (χ0) is 21.7. The average Bonchev–Trinajstić information content (AvgIpc) is 3.25. The number of nitriles is 2. The van der Waals surface area contributed by atoms with Crippen LogP contribution in [0.5, 0.6) is 0 Å². The number of nitrogens with one attached hydrogen (secondary N) is 1. The van der Waals surface area contributed by atoms with E-state index in [1.807, 2.05) is 13.0 Å². The van der Waals surface area contributed by atoms with Crippen LogP contribution < -0.4 is 11.1 Å². The average molecular weight is 438 g/mol. The Morgan fingerprint density at radius 2 is 2.07 bits per heavy atom. The van der Waals surface area contributed by atoms with Crippen molar-refractivity contribution >= 4 is 40.8 Å². The monoisotopic (exact) mass is 437 g/mol. The fourth-order valence-electron chi connectivity index (χ4n) is 2.80. The molecular formula is C21H16ClN5O2S. The van der Waals surface area contributed by atoms with Crippen molar-refractivity contribution in [1.29, 1.82) is 10.5 Å². The summed E-state index contributed by atoms with van der Waals surface area (Å²) in [4.78, 5) is 17.0. The van der Waals surface area contributed by atoms with Gasteiger partial charge in [0.25, 0.3) is 0 Å². The van der Waals surface area contributed by atoms with Crippen molar-refractivity contribution in [2.45, 2.75) is 23.6 Å². The number of nitrogens with zero attached hydrogens (tertiary/aromatic N) is 3. The lowest BCUT2D eigenvalue weighted by atomic mass is 10.0. The van der Waals surface area contributed by atoms with E-state index in [4.69, 9.17) is 21.8 Å². The number of furan rings is 1. The van der Waals surface area contributed by atoms with Crippen molar-refractivity contribution in [3.05, 3.63) is 58.8 Å². The van der Waals surface area contributed by atoms with Crippen molar-refractivity contribution in [2.24, 2.45) is 0 Å². The summed E-state index contributed by atoms with van der Waals surface area (Å²) in [5.41, 5.74) is 7.01. The molecule has 7 nitrogen and oxygen atoms in total. The van der Waals surface area contributed by atoms with Crippen LogP contribution in [0.1, 0.15) is 24.5 Å². The molecule has 1 amide bonds. The third kappa shape index (κ3) is 4.41. The Hall–Kier alpha value is -3.46. The fourth-order valence-corrected chi connectivity index (χ4v) is 4.01. The Kier molecular flexibility index (Phi) is 6.63. The summed E-state index contributed by atoms with van der Waals surface area (Å²) in [7, 11) is 0. The molecule has 1 aromatic carbocycles. The van der Waals surface area contributed by atoms with Gasteiger partial charge in [0.05, 0.1) is 22.6 Å². The number of halogens is 1. The molecule has 2 aromatic heterocycles. The summed E-state index contributed by atoms with van der Waals surface area (Å²) >= 11 is 7.08. The van der Waals surface area contributed by atoms with Gasteiger partial charge in [-0.1, -0.05) is 36.4 Å². The van der Waals surface area contributed by atoms with Crippen LogP contribution in [0.25, 0.3) is 11.3 Å². The summed E-state index contributed by atoms with van der Waals surface area (Å²) < 4.78 is 5.40. The van der Waals surface area contributed by atoms with Gasteiger partial charge < -0.3 is 15.5 Å². The number of anilines is 2. The van der Waals surface area contributed by atoms with Gasteiger partial charge in [-0.25, -0.2) is 4.98 Å². The molecule has 0 aliphatic rings. The summed E-state index contributed by atoms with van der Waals surface area (Å²) in [5, 5.41) is 22.3. The topological polar surface area (TPSA) is 129 Å². The number of carbonyl (C=O) groups is 1. The van der Waals surface area contributed by atoms with Crippen molar-refractivity contribution in [2.75, 3.05) is 11.1 Å². The molecule has 3 rings (SSSR count). The van der Waals surface area contributed by atoms with Crippen LogP contribution in [0, 0.1) is 22.7 Å². The zero-order valence-electron chi connectivity index (χ0n) is 15.8. The SMILES string of the molecule is CCC(Sc1nc(N)c(C#N)c(-c2ccco2)c1C#N)C(=O)Nc1cccc(Cl)c1. The highest BCUT2D eigenvalue weighted by atomic mass is 35.5. The molecule has 30 heavy (non-hydrogen) atoms. The van der Waals surface area contributed by atoms with Crippen LogP contribution in [0.2, 0.25) is 5.02 Å². The molecule has 0 saturated carbocycles. The van der Waals surface area contributed by atoms with Gasteiger partial charge in [0.1, 0.15) is 34.3 Å². The second-order valence-corrected chi connectivity index (χ2v) is 7.77. The van der Waals surface area contributed by atoms with E-state index in [0.717, 1.165) is 11.8 Å². The molecule has 0 radical (unpaired) electrons. The first-order valence-corrected chi connectivity index (χ1v) is 10.1. The molecule has 0 bridgehead atoms.